The fraction of sp³-hybridized carbons (Fsp3) is 0.0769. The molecule has 0 saturated heterocycles. The summed E-state index contributed by atoms with van der Waals surface area (Å²) in [6.07, 6.45) is 1.49. The summed E-state index contributed by atoms with van der Waals surface area (Å²) in [6.45, 7) is 0. The number of anilines is 1. The van der Waals surface area contributed by atoms with Gasteiger partial charge in [-0.2, -0.15) is 0 Å². The molecule has 0 bridgehead atoms. The highest BCUT2D eigenvalue weighted by atomic mass is 19.1. The van der Waals surface area contributed by atoms with Crippen molar-refractivity contribution in [3.8, 4) is 0 Å². The molecule has 1 amide bonds. The summed E-state index contributed by atoms with van der Waals surface area (Å²) in [6, 6.07) is 7.75. The molecule has 0 aliphatic heterocycles. The maximum atomic E-state index is 13.7. The van der Waals surface area contributed by atoms with E-state index in [1.807, 2.05) is 0 Å². The Kier molecular flexibility index (Phi) is 3.69. The molecule has 0 N–H and O–H groups in total. The average Bonchev–Trinajstić information content (AvgIpc) is 2.47. The van der Waals surface area contributed by atoms with E-state index in [4.69, 9.17) is 0 Å². The van der Waals surface area contributed by atoms with Crippen molar-refractivity contribution in [3.63, 3.8) is 0 Å². The first kappa shape index (κ1) is 13.6. The number of hydrogen-bond acceptors (Lipinski definition) is 4. The number of nitro groups is 1. The van der Waals surface area contributed by atoms with E-state index in [1.165, 1.54) is 13.2 Å². The minimum atomic E-state index is -0.816. The molecule has 0 spiro atoms. The molecular formula is C13H10FN3O3. The first-order valence-corrected chi connectivity index (χ1v) is 5.63. The molecule has 0 unspecified atom stereocenters. The van der Waals surface area contributed by atoms with Crippen LogP contribution in [0.25, 0.3) is 0 Å². The minimum Gasteiger partial charge on any atom is -0.296 e. The second-order valence-electron chi connectivity index (χ2n) is 3.97. The van der Waals surface area contributed by atoms with Crippen molar-refractivity contribution in [2.24, 2.45) is 0 Å². The van der Waals surface area contributed by atoms with Gasteiger partial charge >= 0.3 is 0 Å². The van der Waals surface area contributed by atoms with Gasteiger partial charge in [0.05, 0.1) is 10.5 Å². The number of non-ortho nitro benzene ring substituents is 1. The van der Waals surface area contributed by atoms with Crippen LogP contribution < -0.4 is 4.90 Å². The summed E-state index contributed by atoms with van der Waals surface area (Å²) in [4.78, 5) is 27.2. The molecule has 1 aromatic carbocycles. The lowest BCUT2D eigenvalue weighted by molar-refractivity contribution is -0.384. The van der Waals surface area contributed by atoms with Crippen LogP contribution in [0.1, 0.15) is 10.4 Å². The summed E-state index contributed by atoms with van der Waals surface area (Å²) in [5.74, 6) is -1.20. The smallest absolute Gasteiger partial charge is 0.270 e. The van der Waals surface area contributed by atoms with Gasteiger partial charge in [-0.15, -0.1) is 0 Å². The van der Waals surface area contributed by atoms with Crippen LogP contribution in [-0.2, 0) is 0 Å². The molecule has 0 aliphatic rings. The Balaban J connectivity index is 2.38. The van der Waals surface area contributed by atoms with Crippen LogP contribution >= 0.6 is 0 Å². The Hall–Kier alpha value is -2.83. The fourth-order valence-corrected chi connectivity index (χ4v) is 1.63. The van der Waals surface area contributed by atoms with Crippen molar-refractivity contribution in [2.45, 2.75) is 0 Å². The van der Waals surface area contributed by atoms with Crippen molar-refractivity contribution in [1.82, 2.24) is 4.98 Å². The number of aromatic nitrogens is 1. The number of hydrogen-bond donors (Lipinski definition) is 0. The van der Waals surface area contributed by atoms with Gasteiger partial charge in [0.2, 0.25) is 0 Å². The highest BCUT2D eigenvalue weighted by Gasteiger charge is 2.21. The number of pyridine rings is 1. The van der Waals surface area contributed by atoms with E-state index in [-0.39, 0.29) is 11.3 Å². The lowest BCUT2D eigenvalue weighted by Gasteiger charge is -2.16. The van der Waals surface area contributed by atoms with Crippen LogP contribution in [-0.4, -0.2) is 22.9 Å². The van der Waals surface area contributed by atoms with Gasteiger partial charge in [-0.1, -0.05) is 6.07 Å². The minimum absolute atomic E-state index is 0.323. The van der Waals surface area contributed by atoms with Crippen molar-refractivity contribution in [2.75, 3.05) is 11.9 Å². The molecule has 0 atom stereocenters. The first-order chi connectivity index (χ1) is 9.50. The number of nitro benzene ring substituents is 1. The monoisotopic (exact) mass is 275 g/mol. The summed E-state index contributed by atoms with van der Waals surface area (Å²) < 4.78 is 13.7. The average molecular weight is 275 g/mol. The number of carbonyl (C=O) groups excluding carboxylic acids is 1. The third kappa shape index (κ3) is 2.61. The van der Waals surface area contributed by atoms with Gasteiger partial charge in [0.15, 0.2) is 0 Å². The van der Waals surface area contributed by atoms with E-state index in [9.17, 15) is 19.3 Å². The van der Waals surface area contributed by atoms with Gasteiger partial charge in [0.1, 0.15) is 11.6 Å². The van der Waals surface area contributed by atoms with E-state index < -0.39 is 16.6 Å². The number of amides is 1. The van der Waals surface area contributed by atoms with Gasteiger partial charge < -0.3 is 0 Å². The number of rotatable bonds is 3. The molecular weight excluding hydrogens is 265 g/mol. The van der Waals surface area contributed by atoms with Crippen LogP contribution in [0, 0.1) is 15.9 Å². The van der Waals surface area contributed by atoms with Crippen molar-refractivity contribution in [3.05, 3.63) is 64.1 Å². The molecule has 0 saturated carbocycles. The predicted octanol–water partition coefficient (Wildman–Crippen LogP) is 2.41. The number of halogens is 1. The standard InChI is InChI=1S/C13H10FN3O3/c1-16(12-4-2-3-7-15-12)13(18)10-8-9(17(19)20)5-6-11(10)14/h2-8H,1H3. The highest BCUT2D eigenvalue weighted by Crippen LogP contribution is 2.20. The Morgan fingerprint density at radius 2 is 2.10 bits per heavy atom. The van der Waals surface area contributed by atoms with Crippen LogP contribution in [0.15, 0.2) is 42.6 Å². The zero-order chi connectivity index (χ0) is 14.7. The number of nitrogens with zero attached hydrogens (tertiary/aromatic N) is 3. The normalized spacial score (nSPS) is 10.1. The number of benzene rings is 1. The zero-order valence-corrected chi connectivity index (χ0v) is 10.5. The first-order valence-electron chi connectivity index (χ1n) is 5.63. The molecule has 6 nitrogen and oxygen atoms in total. The molecule has 1 heterocycles. The van der Waals surface area contributed by atoms with Crippen LogP contribution in [0.5, 0.6) is 0 Å². The van der Waals surface area contributed by atoms with Gasteiger partial charge in [0, 0.05) is 25.4 Å². The Morgan fingerprint density at radius 3 is 2.70 bits per heavy atom. The third-order valence-corrected chi connectivity index (χ3v) is 2.69. The van der Waals surface area contributed by atoms with Crippen molar-refractivity contribution >= 4 is 17.4 Å². The molecule has 0 radical (unpaired) electrons. The SMILES string of the molecule is CN(C(=O)c1cc([N+](=O)[O-])ccc1F)c1ccccn1. The second-order valence-corrected chi connectivity index (χ2v) is 3.97. The van der Waals surface area contributed by atoms with Gasteiger partial charge in [-0.05, 0) is 18.2 Å². The fourth-order valence-electron chi connectivity index (χ4n) is 1.63. The molecule has 2 aromatic rings. The number of carbonyl (C=O) groups is 1. The Bertz CT molecular complexity index is 661. The van der Waals surface area contributed by atoms with Crippen LogP contribution in [0.3, 0.4) is 0 Å². The van der Waals surface area contributed by atoms with Crippen molar-refractivity contribution < 1.29 is 14.1 Å². The Labute approximate surface area is 113 Å². The van der Waals surface area contributed by atoms with Crippen LogP contribution in [0.4, 0.5) is 15.9 Å². The van der Waals surface area contributed by atoms with E-state index in [0.29, 0.717) is 5.82 Å². The van der Waals surface area contributed by atoms with E-state index in [0.717, 1.165) is 23.1 Å². The summed E-state index contributed by atoms with van der Waals surface area (Å²) in [5.41, 5.74) is -0.712. The molecule has 0 aliphatic carbocycles. The van der Waals surface area contributed by atoms with E-state index in [1.54, 1.807) is 18.2 Å². The third-order valence-electron chi connectivity index (χ3n) is 2.69. The highest BCUT2D eigenvalue weighted by molar-refractivity contribution is 6.05. The molecule has 2 rings (SSSR count). The van der Waals surface area contributed by atoms with Gasteiger partial charge in [-0.25, -0.2) is 9.37 Å². The topological polar surface area (TPSA) is 76.3 Å². The van der Waals surface area contributed by atoms with Gasteiger partial charge in [-0.3, -0.25) is 19.8 Å². The van der Waals surface area contributed by atoms with Crippen LogP contribution in [0.2, 0.25) is 0 Å². The Morgan fingerprint density at radius 1 is 1.35 bits per heavy atom. The lowest BCUT2D eigenvalue weighted by atomic mass is 10.1. The van der Waals surface area contributed by atoms with E-state index >= 15 is 0 Å². The zero-order valence-electron chi connectivity index (χ0n) is 10.5. The molecule has 102 valence electrons. The second kappa shape index (κ2) is 5.43. The van der Waals surface area contributed by atoms with E-state index in [2.05, 4.69) is 4.98 Å². The summed E-state index contributed by atoms with van der Waals surface area (Å²) in [7, 11) is 1.42. The summed E-state index contributed by atoms with van der Waals surface area (Å²) in [5, 5.41) is 10.7. The summed E-state index contributed by atoms with van der Waals surface area (Å²) >= 11 is 0. The largest absolute Gasteiger partial charge is 0.296 e. The maximum absolute atomic E-state index is 13.7. The predicted molar refractivity (Wildman–Crippen MR) is 70.0 cm³/mol. The van der Waals surface area contributed by atoms with Gasteiger partial charge in [0.25, 0.3) is 11.6 Å². The maximum Gasteiger partial charge on any atom is 0.270 e. The quantitative estimate of drug-likeness (QED) is 0.636. The molecule has 1 aromatic heterocycles. The lowest BCUT2D eigenvalue weighted by Crippen LogP contribution is -2.27. The molecule has 20 heavy (non-hydrogen) atoms. The molecule has 7 heteroatoms. The molecule has 0 fully saturated rings. The van der Waals surface area contributed by atoms with Crippen molar-refractivity contribution in [1.29, 1.82) is 0 Å².